The van der Waals surface area contributed by atoms with E-state index in [1.54, 1.807) is 0 Å². The largest absolute Gasteiger partial charge is 0.345 e. The topological polar surface area (TPSA) is 12.0 Å². The van der Waals surface area contributed by atoms with Crippen molar-refractivity contribution < 1.29 is 0 Å². The van der Waals surface area contributed by atoms with Gasteiger partial charge in [0.05, 0.1) is 9.20 Å². The van der Waals surface area contributed by atoms with Crippen molar-refractivity contribution in [2.24, 2.45) is 0 Å². The highest BCUT2D eigenvalue weighted by Gasteiger charge is 1.88. The van der Waals surface area contributed by atoms with Gasteiger partial charge in [-0.2, -0.15) is 0 Å². The first-order valence-corrected chi connectivity index (χ1v) is 10.5. The van der Waals surface area contributed by atoms with E-state index in [0.717, 1.165) is 0 Å². The maximum atomic E-state index is 3.50. The second-order valence-corrected chi connectivity index (χ2v) is 5.92. The quantitative estimate of drug-likeness (QED) is 0.473. The third kappa shape index (κ3) is 3.50. The molecule has 1 N–H and O–H groups in total. The van der Waals surface area contributed by atoms with Crippen LogP contribution in [0.5, 0.6) is 0 Å². The van der Waals surface area contributed by atoms with Gasteiger partial charge in [0.2, 0.25) is 0 Å². The van der Waals surface area contributed by atoms with E-state index in [9.17, 15) is 0 Å². The molecule has 0 radical (unpaired) electrons. The van der Waals surface area contributed by atoms with E-state index in [2.05, 4.69) is 35.3 Å². The maximum Gasteiger partial charge on any atom is 0.0721 e. The van der Waals surface area contributed by atoms with Crippen LogP contribution in [0.1, 0.15) is 5.56 Å². The molecule has 0 aliphatic heterocycles. The minimum absolute atomic E-state index is 0.187. The van der Waals surface area contributed by atoms with Crippen molar-refractivity contribution in [1.29, 1.82) is 0 Å². The molecular formula is C8H15NSi2. The van der Waals surface area contributed by atoms with Gasteiger partial charge in [0.25, 0.3) is 0 Å². The molecule has 0 spiro atoms. The highest BCUT2D eigenvalue weighted by atomic mass is 29.1. The van der Waals surface area contributed by atoms with E-state index < -0.39 is 0 Å². The van der Waals surface area contributed by atoms with Gasteiger partial charge < -0.3 is 4.98 Å². The first-order valence-electron chi connectivity index (χ1n) is 4.18. The lowest BCUT2D eigenvalue weighted by atomic mass is 10.2. The Balaban J connectivity index is 2.28. The van der Waals surface area contributed by atoms with E-state index in [4.69, 9.17) is 0 Å². The van der Waals surface area contributed by atoms with Gasteiger partial charge in [0.1, 0.15) is 0 Å². The number of nitrogens with one attached hydrogen (secondary N) is 1. The molecule has 1 aromatic carbocycles. The lowest BCUT2D eigenvalue weighted by molar-refractivity contribution is 0.895. The molecule has 0 saturated heterocycles. The van der Waals surface area contributed by atoms with Gasteiger partial charge in [-0.25, -0.2) is 0 Å². The molecule has 0 bridgehead atoms. The number of benzene rings is 1. The lowest BCUT2D eigenvalue weighted by Crippen LogP contribution is -2.21. The predicted molar refractivity (Wildman–Crippen MR) is 56.6 cm³/mol. The van der Waals surface area contributed by atoms with Crippen LogP contribution in [0.3, 0.4) is 0 Å². The summed E-state index contributed by atoms with van der Waals surface area (Å²) >= 11 is 0. The van der Waals surface area contributed by atoms with E-state index in [0.29, 0.717) is 0 Å². The average molecular weight is 181 g/mol. The summed E-state index contributed by atoms with van der Waals surface area (Å²) in [5.41, 5.74) is 1.45. The monoisotopic (exact) mass is 181 g/mol. The molecule has 0 unspecified atom stereocenters. The fourth-order valence-electron chi connectivity index (χ4n) is 1.05. The molecule has 0 aliphatic rings. The molecule has 1 aromatic rings. The van der Waals surface area contributed by atoms with Gasteiger partial charge in [-0.3, -0.25) is 0 Å². The SMILES string of the molecule is [SiH3][SiH2]NCCc1ccccc1. The summed E-state index contributed by atoms with van der Waals surface area (Å²) in [4.78, 5) is 3.50. The Hall–Kier alpha value is -0.386. The standard InChI is InChI=1S/C8H15NSi2/c10-11-9-7-6-8-4-2-1-3-5-8/h1-5,9H,6-7,11H2,10H3. The van der Waals surface area contributed by atoms with Crippen molar-refractivity contribution in [2.75, 3.05) is 6.54 Å². The molecule has 0 amide bonds. The Morgan fingerprint density at radius 1 is 1.27 bits per heavy atom. The first kappa shape index (κ1) is 8.71. The third-order valence-electron chi connectivity index (χ3n) is 1.68. The van der Waals surface area contributed by atoms with Crippen molar-refractivity contribution >= 4 is 19.0 Å². The smallest absolute Gasteiger partial charge is 0.0721 e. The van der Waals surface area contributed by atoms with Crippen LogP contribution in [0, 0.1) is 0 Å². The van der Waals surface area contributed by atoms with Gasteiger partial charge in [-0.15, -0.1) is 0 Å². The van der Waals surface area contributed by atoms with Crippen LogP contribution in [-0.2, 0) is 6.42 Å². The minimum Gasteiger partial charge on any atom is -0.345 e. The molecule has 60 valence electrons. The van der Waals surface area contributed by atoms with Crippen LogP contribution in [0.4, 0.5) is 0 Å². The molecule has 1 rings (SSSR count). The molecule has 0 fully saturated rings. The molecule has 1 nitrogen and oxygen atoms in total. The summed E-state index contributed by atoms with van der Waals surface area (Å²) < 4.78 is 0. The fraction of sp³-hybridized carbons (Fsp3) is 0.250. The van der Waals surface area contributed by atoms with Crippen molar-refractivity contribution in [2.45, 2.75) is 6.42 Å². The summed E-state index contributed by atoms with van der Waals surface area (Å²) in [6.45, 7) is 1.18. The highest BCUT2D eigenvalue weighted by molar-refractivity contribution is 6.87. The van der Waals surface area contributed by atoms with Gasteiger partial charge in [-0.1, -0.05) is 30.3 Å². The van der Waals surface area contributed by atoms with E-state index >= 15 is 0 Å². The van der Waals surface area contributed by atoms with Crippen molar-refractivity contribution in [1.82, 2.24) is 4.98 Å². The lowest BCUT2D eigenvalue weighted by Gasteiger charge is -2.00. The molecule has 11 heavy (non-hydrogen) atoms. The summed E-state index contributed by atoms with van der Waals surface area (Å²) in [7, 11) is 1.58. The van der Waals surface area contributed by atoms with Crippen molar-refractivity contribution in [3.63, 3.8) is 0 Å². The van der Waals surface area contributed by atoms with Crippen LogP contribution in [0.25, 0.3) is 0 Å². The predicted octanol–water partition coefficient (Wildman–Crippen LogP) is -0.817. The first-order chi connectivity index (χ1) is 5.43. The molecule has 0 atom stereocenters. The number of rotatable bonds is 4. The minimum atomic E-state index is 0.187. The summed E-state index contributed by atoms with van der Waals surface area (Å²) in [5.74, 6) is 0. The van der Waals surface area contributed by atoms with Gasteiger partial charge in [-0.05, 0) is 18.5 Å². The van der Waals surface area contributed by atoms with Gasteiger partial charge in [0, 0.05) is 9.76 Å². The Bertz CT molecular complexity index is 189. The zero-order valence-electron chi connectivity index (χ0n) is 7.01. The zero-order valence-corrected chi connectivity index (χ0v) is 10.4. The van der Waals surface area contributed by atoms with Crippen molar-refractivity contribution in [3.05, 3.63) is 35.9 Å². The van der Waals surface area contributed by atoms with Crippen molar-refractivity contribution in [3.8, 4) is 0 Å². The third-order valence-corrected chi connectivity index (χ3v) is 4.04. The fourth-order valence-corrected chi connectivity index (χ4v) is 2.65. The van der Waals surface area contributed by atoms with Crippen LogP contribution in [0.2, 0.25) is 0 Å². The molecular weight excluding hydrogens is 166 g/mol. The molecule has 0 aliphatic carbocycles. The summed E-state index contributed by atoms with van der Waals surface area (Å²) in [6, 6.07) is 10.7. The Labute approximate surface area is 73.3 Å². The second kappa shape index (κ2) is 5.29. The average Bonchev–Trinajstić information content (AvgIpc) is 2.07. The van der Waals surface area contributed by atoms with Crippen LogP contribution >= 0.6 is 0 Å². The van der Waals surface area contributed by atoms with Gasteiger partial charge in [0.15, 0.2) is 0 Å². The van der Waals surface area contributed by atoms with E-state index in [-0.39, 0.29) is 9.20 Å². The normalized spacial score (nSPS) is 11.3. The van der Waals surface area contributed by atoms with Crippen LogP contribution < -0.4 is 4.98 Å². The van der Waals surface area contributed by atoms with E-state index in [1.807, 2.05) is 0 Å². The molecule has 0 saturated carbocycles. The Morgan fingerprint density at radius 3 is 2.64 bits per heavy atom. The second-order valence-electron chi connectivity index (χ2n) is 2.59. The number of hydrogen-bond acceptors (Lipinski definition) is 1. The Kier molecular flexibility index (Phi) is 4.19. The van der Waals surface area contributed by atoms with E-state index in [1.165, 1.54) is 28.3 Å². The van der Waals surface area contributed by atoms with Crippen LogP contribution in [-0.4, -0.2) is 25.5 Å². The Morgan fingerprint density at radius 2 is 2.00 bits per heavy atom. The number of hydrogen-bond donors (Lipinski definition) is 1. The maximum absolute atomic E-state index is 3.50. The molecule has 0 heterocycles. The highest BCUT2D eigenvalue weighted by Crippen LogP contribution is 1.97. The molecule has 0 aromatic heterocycles. The zero-order chi connectivity index (χ0) is 7.94. The van der Waals surface area contributed by atoms with Crippen LogP contribution in [0.15, 0.2) is 30.3 Å². The van der Waals surface area contributed by atoms with Gasteiger partial charge >= 0.3 is 0 Å². The summed E-state index contributed by atoms with van der Waals surface area (Å²) in [5, 5.41) is 0. The summed E-state index contributed by atoms with van der Waals surface area (Å²) in [6.07, 6.45) is 1.19. The molecule has 3 heteroatoms.